The Kier molecular flexibility index (Phi) is 3.49. The minimum Gasteiger partial charge on any atom is -0.460 e. The molecule has 2 aromatic rings. The summed E-state index contributed by atoms with van der Waals surface area (Å²) in [7, 11) is 0. The first-order valence-electron chi connectivity index (χ1n) is 5.24. The minimum absolute atomic E-state index is 0.182. The first-order chi connectivity index (χ1) is 8.22. The van der Waals surface area contributed by atoms with Gasteiger partial charge in [-0.1, -0.05) is 23.7 Å². The maximum absolute atomic E-state index is 11.4. The van der Waals surface area contributed by atoms with Gasteiger partial charge in [-0.05, 0) is 31.2 Å². The number of furan rings is 1. The lowest BCUT2D eigenvalue weighted by Gasteiger charge is -2.00. The van der Waals surface area contributed by atoms with E-state index in [0.717, 1.165) is 5.56 Å². The lowest BCUT2D eigenvalue weighted by molar-refractivity contribution is 0.0491. The van der Waals surface area contributed by atoms with Crippen molar-refractivity contribution >= 4 is 17.6 Å². The molecule has 1 heterocycles. The summed E-state index contributed by atoms with van der Waals surface area (Å²) in [5.74, 6) is 0.270. The maximum atomic E-state index is 11.4. The average molecular weight is 251 g/mol. The lowest BCUT2D eigenvalue weighted by atomic mass is 10.2. The molecule has 0 aliphatic rings. The normalized spacial score (nSPS) is 10.2. The van der Waals surface area contributed by atoms with Gasteiger partial charge in [0.15, 0.2) is 0 Å². The number of esters is 1. The Morgan fingerprint density at radius 2 is 2.06 bits per heavy atom. The van der Waals surface area contributed by atoms with Crippen molar-refractivity contribution in [2.24, 2.45) is 0 Å². The molecule has 1 aromatic heterocycles. The predicted octanol–water partition coefficient (Wildman–Crippen LogP) is 3.78. The number of ether oxygens (including phenoxy) is 1. The second-order valence-corrected chi connectivity index (χ2v) is 3.77. The molecular weight excluding hydrogens is 240 g/mol. The summed E-state index contributed by atoms with van der Waals surface area (Å²) in [6.45, 7) is 2.07. The molecule has 2 rings (SSSR count). The Labute approximate surface area is 104 Å². The van der Waals surface area contributed by atoms with Crippen LogP contribution in [0.3, 0.4) is 0 Å². The molecule has 0 amide bonds. The highest BCUT2D eigenvalue weighted by Crippen LogP contribution is 2.29. The minimum atomic E-state index is -0.467. The van der Waals surface area contributed by atoms with Crippen molar-refractivity contribution in [1.29, 1.82) is 0 Å². The van der Waals surface area contributed by atoms with E-state index in [1.165, 1.54) is 0 Å². The highest BCUT2D eigenvalue weighted by Gasteiger charge is 2.14. The zero-order chi connectivity index (χ0) is 12.3. The molecule has 0 saturated heterocycles. The van der Waals surface area contributed by atoms with Gasteiger partial charge in [-0.25, -0.2) is 4.79 Å². The van der Waals surface area contributed by atoms with Crippen LogP contribution in [-0.2, 0) is 4.74 Å². The molecule has 0 fully saturated rings. The number of rotatable bonds is 3. The fourth-order valence-electron chi connectivity index (χ4n) is 1.46. The SMILES string of the molecule is CCOC(=O)c1ccc(-c2ccccc2Cl)o1. The van der Waals surface area contributed by atoms with Gasteiger partial charge in [0.1, 0.15) is 5.76 Å². The van der Waals surface area contributed by atoms with Crippen molar-refractivity contribution < 1.29 is 13.9 Å². The molecule has 0 N–H and O–H groups in total. The van der Waals surface area contributed by atoms with Gasteiger partial charge < -0.3 is 9.15 Å². The van der Waals surface area contributed by atoms with Crippen LogP contribution >= 0.6 is 11.6 Å². The fraction of sp³-hybridized carbons (Fsp3) is 0.154. The van der Waals surface area contributed by atoms with E-state index in [1.807, 2.05) is 18.2 Å². The molecule has 3 nitrogen and oxygen atoms in total. The summed E-state index contributed by atoms with van der Waals surface area (Å²) in [6.07, 6.45) is 0. The molecule has 88 valence electrons. The van der Waals surface area contributed by atoms with E-state index < -0.39 is 5.97 Å². The maximum Gasteiger partial charge on any atom is 0.374 e. The van der Waals surface area contributed by atoms with Crippen molar-refractivity contribution in [3.05, 3.63) is 47.2 Å². The zero-order valence-electron chi connectivity index (χ0n) is 9.27. The molecule has 17 heavy (non-hydrogen) atoms. The van der Waals surface area contributed by atoms with E-state index in [2.05, 4.69) is 0 Å². The van der Waals surface area contributed by atoms with Gasteiger partial charge in [0.05, 0.1) is 11.6 Å². The smallest absolute Gasteiger partial charge is 0.374 e. The molecule has 4 heteroatoms. The van der Waals surface area contributed by atoms with Crippen molar-refractivity contribution in [3.8, 4) is 11.3 Å². The molecule has 0 bridgehead atoms. The van der Waals surface area contributed by atoms with E-state index in [0.29, 0.717) is 17.4 Å². The van der Waals surface area contributed by atoms with Crippen LogP contribution in [-0.4, -0.2) is 12.6 Å². The number of hydrogen-bond donors (Lipinski definition) is 0. The predicted molar refractivity (Wildman–Crippen MR) is 65.1 cm³/mol. The number of hydrogen-bond acceptors (Lipinski definition) is 3. The molecule has 0 saturated carbocycles. The van der Waals surface area contributed by atoms with Gasteiger partial charge in [-0.2, -0.15) is 0 Å². The number of carbonyl (C=O) groups is 1. The molecule has 0 aliphatic carbocycles. The largest absolute Gasteiger partial charge is 0.460 e. The summed E-state index contributed by atoms with van der Waals surface area (Å²) >= 11 is 6.03. The van der Waals surface area contributed by atoms with Gasteiger partial charge >= 0.3 is 5.97 Å². The number of halogens is 1. The number of benzene rings is 1. The summed E-state index contributed by atoms with van der Waals surface area (Å²) in [6, 6.07) is 10.6. The second kappa shape index (κ2) is 5.06. The summed E-state index contributed by atoms with van der Waals surface area (Å²) in [4.78, 5) is 11.4. The molecular formula is C13H11ClO3. The highest BCUT2D eigenvalue weighted by molar-refractivity contribution is 6.33. The van der Waals surface area contributed by atoms with Crippen LogP contribution in [0.1, 0.15) is 17.5 Å². The Balaban J connectivity index is 2.30. The van der Waals surface area contributed by atoms with Gasteiger partial charge in [0.25, 0.3) is 0 Å². The monoisotopic (exact) mass is 250 g/mol. The Bertz CT molecular complexity index is 531. The van der Waals surface area contributed by atoms with Gasteiger partial charge in [-0.3, -0.25) is 0 Å². The highest BCUT2D eigenvalue weighted by atomic mass is 35.5. The molecule has 0 unspecified atom stereocenters. The third-order valence-electron chi connectivity index (χ3n) is 2.22. The Hall–Kier alpha value is -1.74. The summed E-state index contributed by atoms with van der Waals surface area (Å²) < 4.78 is 10.2. The van der Waals surface area contributed by atoms with Crippen molar-refractivity contribution in [2.75, 3.05) is 6.61 Å². The summed E-state index contributed by atoms with van der Waals surface area (Å²) in [5.41, 5.74) is 0.754. The van der Waals surface area contributed by atoms with Gasteiger partial charge in [0.2, 0.25) is 5.76 Å². The molecule has 0 aliphatic heterocycles. The average Bonchev–Trinajstić information content (AvgIpc) is 2.79. The van der Waals surface area contributed by atoms with Crippen LogP contribution in [0.25, 0.3) is 11.3 Å². The van der Waals surface area contributed by atoms with Crippen molar-refractivity contribution in [1.82, 2.24) is 0 Å². The van der Waals surface area contributed by atoms with Crippen molar-refractivity contribution in [3.63, 3.8) is 0 Å². The standard InChI is InChI=1S/C13H11ClO3/c1-2-16-13(15)12-8-7-11(17-12)9-5-3-4-6-10(9)14/h3-8H,2H2,1H3. The topological polar surface area (TPSA) is 39.4 Å². The van der Waals surface area contributed by atoms with Gasteiger partial charge in [-0.15, -0.1) is 0 Å². The van der Waals surface area contributed by atoms with Crippen LogP contribution in [0.15, 0.2) is 40.8 Å². The summed E-state index contributed by atoms with van der Waals surface area (Å²) in [5, 5.41) is 0.581. The van der Waals surface area contributed by atoms with E-state index in [1.54, 1.807) is 25.1 Å². The quantitative estimate of drug-likeness (QED) is 0.779. The Morgan fingerprint density at radius 1 is 1.29 bits per heavy atom. The fourth-order valence-corrected chi connectivity index (χ4v) is 1.68. The van der Waals surface area contributed by atoms with Crippen LogP contribution in [0.4, 0.5) is 0 Å². The van der Waals surface area contributed by atoms with E-state index in [9.17, 15) is 4.79 Å². The van der Waals surface area contributed by atoms with Crippen LogP contribution in [0.5, 0.6) is 0 Å². The lowest BCUT2D eigenvalue weighted by Crippen LogP contribution is -2.02. The molecule has 0 radical (unpaired) electrons. The van der Waals surface area contributed by atoms with Crippen LogP contribution < -0.4 is 0 Å². The van der Waals surface area contributed by atoms with Crippen LogP contribution in [0, 0.1) is 0 Å². The second-order valence-electron chi connectivity index (χ2n) is 3.36. The molecule has 0 atom stereocenters. The van der Waals surface area contributed by atoms with Gasteiger partial charge in [0, 0.05) is 5.56 Å². The van der Waals surface area contributed by atoms with Crippen molar-refractivity contribution in [2.45, 2.75) is 6.92 Å². The first-order valence-corrected chi connectivity index (χ1v) is 5.62. The molecule has 0 spiro atoms. The van der Waals surface area contributed by atoms with E-state index >= 15 is 0 Å². The number of carbonyl (C=O) groups excluding carboxylic acids is 1. The zero-order valence-corrected chi connectivity index (χ0v) is 10.0. The Morgan fingerprint density at radius 3 is 2.76 bits per heavy atom. The van der Waals surface area contributed by atoms with E-state index in [-0.39, 0.29) is 5.76 Å². The first kappa shape index (κ1) is 11.7. The third-order valence-corrected chi connectivity index (χ3v) is 2.55. The van der Waals surface area contributed by atoms with E-state index in [4.69, 9.17) is 20.8 Å². The third kappa shape index (κ3) is 2.50. The van der Waals surface area contributed by atoms with Crippen LogP contribution in [0.2, 0.25) is 5.02 Å². The molecule has 1 aromatic carbocycles.